The number of nitrogens with zero attached hydrogens (tertiary/aromatic N) is 7. The maximum Gasteiger partial charge on any atom is 0.223 e. The van der Waals surface area contributed by atoms with Crippen LogP contribution in [0.4, 0.5) is 5.82 Å². The molecule has 0 radical (unpaired) electrons. The average molecular weight is 339 g/mol. The second kappa shape index (κ2) is 6.62. The molecule has 0 saturated carbocycles. The summed E-state index contributed by atoms with van der Waals surface area (Å²) in [6.45, 7) is 5.69. The predicted octanol–water partition coefficient (Wildman–Crippen LogP) is 2.12. The first kappa shape index (κ1) is 15.7. The molecule has 1 aliphatic heterocycles. The Kier molecular flexibility index (Phi) is 4.17. The number of piperidine rings is 1. The predicted molar refractivity (Wildman–Crippen MR) is 91.6 cm³/mol. The molecule has 1 aliphatic rings. The summed E-state index contributed by atoms with van der Waals surface area (Å²) in [7, 11) is 0. The van der Waals surface area contributed by atoms with Gasteiger partial charge in [0.1, 0.15) is 11.6 Å². The van der Waals surface area contributed by atoms with E-state index >= 15 is 0 Å². The van der Waals surface area contributed by atoms with Crippen molar-refractivity contribution in [1.29, 1.82) is 0 Å². The Morgan fingerprint density at radius 2 is 2.08 bits per heavy atom. The van der Waals surface area contributed by atoms with Gasteiger partial charge in [-0.3, -0.25) is 9.55 Å². The van der Waals surface area contributed by atoms with Crippen molar-refractivity contribution < 1.29 is 4.52 Å². The first-order valence-electron chi connectivity index (χ1n) is 8.55. The fourth-order valence-electron chi connectivity index (χ4n) is 3.36. The molecular formula is C17H21N7O. The lowest BCUT2D eigenvalue weighted by molar-refractivity contribution is 0.369. The van der Waals surface area contributed by atoms with Gasteiger partial charge in [-0.2, -0.15) is 4.98 Å². The minimum atomic E-state index is 0.492. The van der Waals surface area contributed by atoms with Crippen LogP contribution >= 0.6 is 0 Å². The first-order chi connectivity index (χ1) is 12.2. The SMILES string of the molecule is Cc1nc(C[C@H]2CCCN(c3cncc(-n4ccnc4C)n3)C2)no1. The highest BCUT2D eigenvalue weighted by molar-refractivity contribution is 5.40. The largest absolute Gasteiger partial charge is 0.355 e. The summed E-state index contributed by atoms with van der Waals surface area (Å²) in [4.78, 5) is 20.0. The molecule has 130 valence electrons. The van der Waals surface area contributed by atoms with Crippen molar-refractivity contribution in [2.45, 2.75) is 33.1 Å². The molecule has 4 rings (SSSR count). The van der Waals surface area contributed by atoms with Crippen LogP contribution in [-0.4, -0.2) is 42.7 Å². The van der Waals surface area contributed by atoms with Gasteiger partial charge in [0.05, 0.1) is 12.4 Å². The van der Waals surface area contributed by atoms with Crippen LogP contribution in [0, 0.1) is 19.8 Å². The van der Waals surface area contributed by atoms with Crippen molar-refractivity contribution in [3.05, 3.63) is 42.3 Å². The Hall–Kier alpha value is -2.77. The quantitative estimate of drug-likeness (QED) is 0.719. The second-order valence-corrected chi connectivity index (χ2v) is 6.47. The van der Waals surface area contributed by atoms with Crippen LogP contribution in [-0.2, 0) is 6.42 Å². The van der Waals surface area contributed by atoms with E-state index in [1.54, 1.807) is 12.4 Å². The lowest BCUT2D eigenvalue weighted by Crippen LogP contribution is -2.37. The van der Waals surface area contributed by atoms with Crippen molar-refractivity contribution in [2.24, 2.45) is 5.92 Å². The molecule has 3 aromatic rings. The van der Waals surface area contributed by atoms with Gasteiger partial charge >= 0.3 is 0 Å². The van der Waals surface area contributed by atoms with E-state index in [1.807, 2.05) is 30.8 Å². The van der Waals surface area contributed by atoms with Gasteiger partial charge in [0.25, 0.3) is 0 Å². The van der Waals surface area contributed by atoms with Crippen molar-refractivity contribution in [2.75, 3.05) is 18.0 Å². The lowest BCUT2D eigenvalue weighted by Gasteiger charge is -2.33. The third kappa shape index (κ3) is 3.38. The molecule has 0 aliphatic carbocycles. The number of anilines is 1. The van der Waals surface area contributed by atoms with Crippen LogP contribution < -0.4 is 4.90 Å². The number of aryl methyl sites for hydroxylation is 2. The Labute approximate surface area is 145 Å². The monoisotopic (exact) mass is 339 g/mol. The molecule has 0 unspecified atom stereocenters. The molecule has 8 heteroatoms. The number of hydrogen-bond acceptors (Lipinski definition) is 7. The number of hydrogen-bond donors (Lipinski definition) is 0. The number of rotatable bonds is 4. The van der Waals surface area contributed by atoms with Crippen molar-refractivity contribution >= 4 is 5.82 Å². The van der Waals surface area contributed by atoms with Gasteiger partial charge < -0.3 is 9.42 Å². The van der Waals surface area contributed by atoms with Crippen LogP contribution in [0.2, 0.25) is 0 Å². The highest BCUT2D eigenvalue weighted by atomic mass is 16.5. The molecule has 4 heterocycles. The molecule has 0 bridgehead atoms. The van der Waals surface area contributed by atoms with E-state index in [0.29, 0.717) is 11.8 Å². The smallest absolute Gasteiger partial charge is 0.223 e. The van der Waals surface area contributed by atoms with E-state index in [0.717, 1.165) is 55.6 Å². The van der Waals surface area contributed by atoms with Crippen LogP contribution in [0.3, 0.4) is 0 Å². The standard InChI is InChI=1S/C17H21N7O/c1-12-19-5-7-24(12)17-10-18-9-16(21-17)23-6-3-4-14(11-23)8-15-20-13(2)25-22-15/h5,7,9-10,14H,3-4,6,8,11H2,1-2H3/t14-/m1/s1. The van der Waals surface area contributed by atoms with E-state index < -0.39 is 0 Å². The topological polar surface area (TPSA) is 85.8 Å². The molecule has 0 spiro atoms. The molecule has 1 saturated heterocycles. The third-order valence-corrected chi connectivity index (χ3v) is 4.57. The van der Waals surface area contributed by atoms with Gasteiger partial charge in [0.2, 0.25) is 5.89 Å². The van der Waals surface area contributed by atoms with Crippen LogP contribution in [0.15, 0.2) is 29.3 Å². The van der Waals surface area contributed by atoms with Crippen LogP contribution in [0.1, 0.15) is 30.4 Å². The Morgan fingerprint density at radius 1 is 1.20 bits per heavy atom. The van der Waals surface area contributed by atoms with Gasteiger partial charge in [0, 0.05) is 38.8 Å². The number of imidazole rings is 1. The molecule has 1 atom stereocenters. The van der Waals surface area contributed by atoms with Crippen molar-refractivity contribution in [3.8, 4) is 5.82 Å². The Balaban J connectivity index is 1.50. The van der Waals surface area contributed by atoms with Crippen LogP contribution in [0.25, 0.3) is 5.82 Å². The fraction of sp³-hybridized carbons (Fsp3) is 0.471. The molecular weight excluding hydrogens is 318 g/mol. The minimum absolute atomic E-state index is 0.492. The highest BCUT2D eigenvalue weighted by Crippen LogP contribution is 2.24. The molecule has 25 heavy (non-hydrogen) atoms. The second-order valence-electron chi connectivity index (χ2n) is 6.47. The normalized spacial score (nSPS) is 17.8. The van der Waals surface area contributed by atoms with E-state index in [4.69, 9.17) is 9.51 Å². The fourth-order valence-corrected chi connectivity index (χ4v) is 3.36. The Morgan fingerprint density at radius 3 is 2.84 bits per heavy atom. The van der Waals surface area contributed by atoms with Gasteiger partial charge in [-0.1, -0.05) is 5.16 Å². The van der Waals surface area contributed by atoms with Gasteiger partial charge in [0.15, 0.2) is 11.6 Å². The summed E-state index contributed by atoms with van der Waals surface area (Å²) in [6.07, 6.45) is 10.4. The maximum atomic E-state index is 5.08. The van der Waals surface area contributed by atoms with Gasteiger partial charge in [-0.15, -0.1) is 0 Å². The third-order valence-electron chi connectivity index (χ3n) is 4.57. The van der Waals surface area contributed by atoms with Crippen LogP contribution in [0.5, 0.6) is 0 Å². The van der Waals surface area contributed by atoms with E-state index in [2.05, 4.69) is 25.0 Å². The van der Waals surface area contributed by atoms with Gasteiger partial charge in [-0.25, -0.2) is 9.97 Å². The molecule has 0 N–H and O–H groups in total. The summed E-state index contributed by atoms with van der Waals surface area (Å²) in [6, 6.07) is 0. The molecule has 8 nitrogen and oxygen atoms in total. The molecule has 3 aromatic heterocycles. The lowest BCUT2D eigenvalue weighted by atomic mass is 9.94. The first-order valence-corrected chi connectivity index (χ1v) is 8.55. The summed E-state index contributed by atoms with van der Waals surface area (Å²) in [5.74, 6) is 4.50. The zero-order valence-corrected chi connectivity index (χ0v) is 14.5. The average Bonchev–Trinajstić information content (AvgIpc) is 3.23. The van der Waals surface area contributed by atoms with Gasteiger partial charge in [-0.05, 0) is 25.7 Å². The summed E-state index contributed by atoms with van der Waals surface area (Å²) in [5.41, 5.74) is 0. The Bertz CT molecular complexity index is 856. The molecule has 0 aromatic carbocycles. The maximum absolute atomic E-state index is 5.08. The van der Waals surface area contributed by atoms with E-state index in [1.165, 1.54) is 0 Å². The van der Waals surface area contributed by atoms with E-state index in [9.17, 15) is 0 Å². The summed E-state index contributed by atoms with van der Waals surface area (Å²) >= 11 is 0. The molecule has 0 amide bonds. The zero-order valence-electron chi connectivity index (χ0n) is 14.5. The number of aromatic nitrogens is 6. The highest BCUT2D eigenvalue weighted by Gasteiger charge is 2.23. The van der Waals surface area contributed by atoms with Crippen molar-refractivity contribution in [1.82, 2.24) is 29.7 Å². The summed E-state index contributed by atoms with van der Waals surface area (Å²) < 4.78 is 7.02. The zero-order chi connectivity index (χ0) is 17.2. The minimum Gasteiger partial charge on any atom is -0.355 e. The van der Waals surface area contributed by atoms with Crippen molar-refractivity contribution in [3.63, 3.8) is 0 Å². The summed E-state index contributed by atoms with van der Waals surface area (Å²) in [5, 5.41) is 4.02. The molecule has 1 fully saturated rings. The van der Waals surface area contributed by atoms with E-state index in [-0.39, 0.29) is 0 Å².